The molecule has 0 bridgehead atoms. The molecule has 88 valence electrons. The van der Waals surface area contributed by atoms with E-state index in [-0.39, 0.29) is 6.04 Å². The molecule has 0 saturated carbocycles. The van der Waals surface area contributed by atoms with Gasteiger partial charge in [0.1, 0.15) is 0 Å². The first-order chi connectivity index (χ1) is 8.22. The SMILES string of the molecule is NNC(c1cccc(Cl)c1)c1ccncc1Cl. The van der Waals surface area contributed by atoms with Gasteiger partial charge in [-0.25, -0.2) is 5.43 Å². The molecule has 2 rings (SSSR count). The minimum atomic E-state index is -0.204. The summed E-state index contributed by atoms with van der Waals surface area (Å²) in [7, 11) is 0. The summed E-state index contributed by atoms with van der Waals surface area (Å²) < 4.78 is 0. The maximum Gasteiger partial charge on any atom is 0.0726 e. The third-order valence-electron chi connectivity index (χ3n) is 2.46. The van der Waals surface area contributed by atoms with Crippen molar-refractivity contribution in [3.05, 3.63) is 63.9 Å². The van der Waals surface area contributed by atoms with Gasteiger partial charge in [0.15, 0.2) is 0 Å². The van der Waals surface area contributed by atoms with Gasteiger partial charge in [-0.3, -0.25) is 10.8 Å². The Labute approximate surface area is 110 Å². The van der Waals surface area contributed by atoms with Crippen LogP contribution in [-0.2, 0) is 0 Å². The van der Waals surface area contributed by atoms with Crippen LogP contribution >= 0.6 is 23.2 Å². The predicted octanol–water partition coefficient (Wildman–Crippen LogP) is 2.94. The number of nitrogens with zero attached hydrogens (tertiary/aromatic N) is 1. The van der Waals surface area contributed by atoms with Gasteiger partial charge in [0.25, 0.3) is 0 Å². The van der Waals surface area contributed by atoms with Gasteiger partial charge >= 0.3 is 0 Å². The molecular weight excluding hydrogens is 257 g/mol. The topological polar surface area (TPSA) is 50.9 Å². The molecule has 0 spiro atoms. The van der Waals surface area contributed by atoms with Crippen LogP contribution in [0.4, 0.5) is 0 Å². The van der Waals surface area contributed by atoms with E-state index in [1.165, 1.54) is 0 Å². The number of benzene rings is 1. The number of nitrogens with one attached hydrogen (secondary N) is 1. The fourth-order valence-electron chi connectivity index (χ4n) is 1.67. The molecule has 3 nitrogen and oxygen atoms in total. The molecule has 0 aliphatic carbocycles. The van der Waals surface area contributed by atoms with E-state index in [0.29, 0.717) is 10.0 Å². The molecule has 0 aliphatic rings. The fourth-order valence-corrected chi connectivity index (χ4v) is 2.10. The molecule has 1 atom stereocenters. The highest BCUT2D eigenvalue weighted by Crippen LogP contribution is 2.28. The van der Waals surface area contributed by atoms with E-state index in [2.05, 4.69) is 10.4 Å². The third kappa shape index (κ3) is 2.76. The summed E-state index contributed by atoms with van der Waals surface area (Å²) in [5.41, 5.74) is 4.55. The van der Waals surface area contributed by atoms with Crippen LogP contribution in [0, 0.1) is 0 Å². The van der Waals surface area contributed by atoms with Gasteiger partial charge in [0.05, 0.1) is 11.1 Å². The van der Waals surface area contributed by atoms with Gasteiger partial charge in [-0.05, 0) is 29.3 Å². The van der Waals surface area contributed by atoms with Crippen LogP contribution in [0.1, 0.15) is 17.2 Å². The van der Waals surface area contributed by atoms with Crippen LogP contribution in [0.2, 0.25) is 10.0 Å². The number of hydrogen-bond acceptors (Lipinski definition) is 3. The van der Waals surface area contributed by atoms with Crippen molar-refractivity contribution in [1.29, 1.82) is 0 Å². The highest BCUT2D eigenvalue weighted by molar-refractivity contribution is 6.31. The second-order valence-corrected chi connectivity index (χ2v) is 4.40. The standard InChI is InChI=1S/C12H11Cl2N3/c13-9-3-1-2-8(6-9)12(17-15)10-4-5-16-7-11(10)14/h1-7,12,17H,15H2. The largest absolute Gasteiger partial charge is 0.271 e. The van der Waals surface area contributed by atoms with Crippen molar-refractivity contribution in [2.24, 2.45) is 5.84 Å². The maximum absolute atomic E-state index is 6.10. The van der Waals surface area contributed by atoms with E-state index in [0.717, 1.165) is 11.1 Å². The minimum Gasteiger partial charge on any atom is -0.271 e. The molecular formula is C12H11Cl2N3. The number of halogens is 2. The number of nitrogens with two attached hydrogens (primary N) is 1. The maximum atomic E-state index is 6.10. The lowest BCUT2D eigenvalue weighted by Gasteiger charge is -2.18. The normalized spacial score (nSPS) is 12.4. The van der Waals surface area contributed by atoms with Crippen molar-refractivity contribution in [2.45, 2.75) is 6.04 Å². The van der Waals surface area contributed by atoms with Crippen molar-refractivity contribution in [2.75, 3.05) is 0 Å². The van der Waals surface area contributed by atoms with E-state index in [1.807, 2.05) is 30.3 Å². The molecule has 0 radical (unpaired) electrons. The molecule has 0 saturated heterocycles. The lowest BCUT2D eigenvalue weighted by Crippen LogP contribution is -2.29. The lowest BCUT2D eigenvalue weighted by molar-refractivity contribution is 0.636. The van der Waals surface area contributed by atoms with E-state index in [4.69, 9.17) is 29.0 Å². The van der Waals surface area contributed by atoms with Crippen LogP contribution in [-0.4, -0.2) is 4.98 Å². The number of hydrazine groups is 1. The molecule has 1 aromatic heterocycles. The summed E-state index contributed by atoms with van der Waals surface area (Å²) in [6, 6.07) is 9.09. The van der Waals surface area contributed by atoms with Crippen molar-refractivity contribution in [3.8, 4) is 0 Å². The molecule has 1 heterocycles. The summed E-state index contributed by atoms with van der Waals surface area (Å²) in [4.78, 5) is 3.95. The molecule has 5 heteroatoms. The highest BCUT2D eigenvalue weighted by Gasteiger charge is 2.15. The van der Waals surface area contributed by atoms with Crippen LogP contribution in [0.5, 0.6) is 0 Å². The Hall–Kier alpha value is -1.13. The number of hydrogen-bond donors (Lipinski definition) is 2. The fraction of sp³-hybridized carbons (Fsp3) is 0.0833. The second-order valence-electron chi connectivity index (χ2n) is 3.55. The number of aromatic nitrogens is 1. The summed E-state index contributed by atoms with van der Waals surface area (Å²) in [5.74, 6) is 5.58. The van der Waals surface area contributed by atoms with E-state index < -0.39 is 0 Å². The summed E-state index contributed by atoms with van der Waals surface area (Å²) >= 11 is 12.1. The van der Waals surface area contributed by atoms with Gasteiger partial charge in [0.2, 0.25) is 0 Å². The Morgan fingerprint density at radius 1 is 1.24 bits per heavy atom. The third-order valence-corrected chi connectivity index (χ3v) is 3.01. The Morgan fingerprint density at radius 2 is 2.06 bits per heavy atom. The molecule has 0 aliphatic heterocycles. The molecule has 3 N–H and O–H groups in total. The van der Waals surface area contributed by atoms with Gasteiger partial charge < -0.3 is 0 Å². The minimum absolute atomic E-state index is 0.204. The Kier molecular flexibility index (Phi) is 3.97. The van der Waals surface area contributed by atoms with Crippen molar-refractivity contribution in [3.63, 3.8) is 0 Å². The van der Waals surface area contributed by atoms with Gasteiger partial charge in [-0.15, -0.1) is 0 Å². The van der Waals surface area contributed by atoms with Crippen molar-refractivity contribution in [1.82, 2.24) is 10.4 Å². The van der Waals surface area contributed by atoms with Gasteiger partial charge in [-0.1, -0.05) is 35.3 Å². The van der Waals surface area contributed by atoms with Crippen molar-refractivity contribution >= 4 is 23.2 Å². The highest BCUT2D eigenvalue weighted by atomic mass is 35.5. The van der Waals surface area contributed by atoms with E-state index >= 15 is 0 Å². The zero-order valence-corrected chi connectivity index (χ0v) is 10.4. The summed E-state index contributed by atoms with van der Waals surface area (Å²) in [6.45, 7) is 0. The zero-order chi connectivity index (χ0) is 12.3. The van der Waals surface area contributed by atoms with Crippen LogP contribution < -0.4 is 11.3 Å². The van der Waals surface area contributed by atoms with Gasteiger partial charge in [0, 0.05) is 17.4 Å². The molecule has 1 aromatic carbocycles. The number of pyridine rings is 1. The quantitative estimate of drug-likeness (QED) is 0.664. The average Bonchev–Trinajstić information content (AvgIpc) is 2.33. The predicted molar refractivity (Wildman–Crippen MR) is 69.9 cm³/mol. The van der Waals surface area contributed by atoms with E-state index in [1.54, 1.807) is 12.4 Å². The first-order valence-corrected chi connectivity index (χ1v) is 5.79. The molecule has 0 fully saturated rings. The first kappa shape index (κ1) is 12.3. The first-order valence-electron chi connectivity index (χ1n) is 5.03. The van der Waals surface area contributed by atoms with Gasteiger partial charge in [-0.2, -0.15) is 0 Å². The molecule has 0 amide bonds. The summed E-state index contributed by atoms with van der Waals surface area (Å²) in [5, 5.41) is 1.23. The Balaban J connectivity index is 2.44. The van der Waals surface area contributed by atoms with E-state index in [9.17, 15) is 0 Å². The van der Waals surface area contributed by atoms with Crippen LogP contribution in [0.25, 0.3) is 0 Å². The molecule has 2 aromatic rings. The monoisotopic (exact) mass is 267 g/mol. The lowest BCUT2D eigenvalue weighted by atomic mass is 10.0. The van der Waals surface area contributed by atoms with Crippen LogP contribution in [0.3, 0.4) is 0 Å². The van der Waals surface area contributed by atoms with Crippen molar-refractivity contribution < 1.29 is 0 Å². The smallest absolute Gasteiger partial charge is 0.0726 e. The van der Waals surface area contributed by atoms with Crippen LogP contribution in [0.15, 0.2) is 42.7 Å². The molecule has 1 unspecified atom stereocenters. The Morgan fingerprint density at radius 3 is 2.71 bits per heavy atom. The number of rotatable bonds is 3. The summed E-state index contributed by atoms with van der Waals surface area (Å²) in [6.07, 6.45) is 3.27. The second kappa shape index (κ2) is 5.47. The average molecular weight is 268 g/mol. The Bertz CT molecular complexity index is 517. The molecule has 17 heavy (non-hydrogen) atoms. The zero-order valence-electron chi connectivity index (χ0n) is 8.90.